The average Bonchev–Trinajstić information content (AvgIpc) is 2.79. The van der Waals surface area contributed by atoms with Gasteiger partial charge in [-0.3, -0.25) is 0 Å². The van der Waals surface area contributed by atoms with Crippen molar-refractivity contribution in [1.82, 2.24) is 9.88 Å². The summed E-state index contributed by atoms with van der Waals surface area (Å²) in [7, 11) is 3.46. The number of rotatable bonds is 7. The van der Waals surface area contributed by atoms with Gasteiger partial charge in [-0.2, -0.15) is 0 Å². The van der Waals surface area contributed by atoms with Gasteiger partial charge in [-0.1, -0.05) is 42.5 Å². The molecule has 7 nitrogen and oxygen atoms in total. The first-order chi connectivity index (χ1) is 14.9. The lowest BCUT2D eigenvalue weighted by atomic mass is 10.1. The number of esters is 1. The fraction of sp³-hybridized carbons (Fsp3) is 0.261. The number of benzene rings is 2. The van der Waals surface area contributed by atoms with E-state index in [-0.39, 0.29) is 13.2 Å². The third-order valence-electron chi connectivity index (χ3n) is 4.81. The maximum absolute atomic E-state index is 12.4. The van der Waals surface area contributed by atoms with E-state index < -0.39 is 18.1 Å². The van der Waals surface area contributed by atoms with E-state index in [0.29, 0.717) is 10.4 Å². The first-order valence-corrected chi connectivity index (χ1v) is 10.1. The van der Waals surface area contributed by atoms with Crippen LogP contribution in [-0.2, 0) is 34.5 Å². The Labute approximate surface area is 185 Å². The highest BCUT2D eigenvalue weighted by Crippen LogP contribution is 2.25. The molecule has 0 radical (unpaired) electrons. The fourth-order valence-corrected chi connectivity index (χ4v) is 3.27. The highest BCUT2D eigenvalue weighted by atomic mass is 32.1. The molecule has 1 aromatic heterocycles. The van der Waals surface area contributed by atoms with Crippen LogP contribution in [-0.4, -0.2) is 29.8 Å². The first-order valence-electron chi connectivity index (χ1n) is 9.69. The summed E-state index contributed by atoms with van der Waals surface area (Å²) in [5.74, 6) is 0.111. The molecule has 0 fully saturated rings. The average molecular weight is 441 g/mol. The van der Waals surface area contributed by atoms with Crippen LogP contribution in [0.1, 0.15) is 18.1 Å². The molecule has 2 aromatic carbocycles. The molecule has 0 bridgehead atoms. The lowest BCUT2D eigenvalue weighted by Gasteiger charge is -2.16. The maximum atomic E-state index is 12.4. The van der Waals surface area contributed by atoms with Crippen molar-refractivity contribution in [3.8, 4) is 5.75 Å². The van der Waals surface area contributed by atoms with Crippen molar-refractivity contribution in [3.63, 3.8) is 0 Å². The first kappa shape index (κ1) is 22.3. The molecule has 1 amide bonds. The van der Waals surface area contributed by atoms with Crippen LogP contribution in [0.2, 0.25) is 0 Å². The molecule has 0 unspecified atom stereocenters. The zero-order valence-corrected chi connectivity index (χ0v) is 18.4. The summed E-state index contributed by atoms with van der Waals surface area (Å²) in [6.07, 6.45) is -0.692. The number of carbonyl (C=O) groups is 2. The molecule has 0 aliphatic heterocycles. The lowest BCUT2D eigenvalue weighted by molar-refractivity contribution is -0.146. The molecular weight excluding hydrogens is 416 g/mol. The number of carbonyl (C=O) groups excluding carboxylic acids is 2. The number of ether oxygens (including phenoxy) is 3. The minimum Gasteiger partial charge on any atom is -0.497 e. The van der Waals surface area contributed by atoms with Gasteiger partial charge in [0.15, 0.2) is 0 Å². The van der Waals surface area contributed by atoms with E-state index in [1.165, 1.54) is 6.92 Å². The molecule has 3 aromatic rings. The Bertz CT molecular complexity index is 1140. The topological polar surface area (TPSA) is 78.8 Å². The highest BCUT2D eigenvalue weighted by molar-refractivity contribution is 7.71. The molecule has 0 spiro atoms. The van der Waals surface area contributed by atoms with Gasteiger partial charge in [0, 0.05) is 23.5 Å². The predicted molar refractivity (Wildman–Crippen MR) is 119 cm³/mol. The number of pyridine rings is 1. The molecule has 8 heteroatoms. The molecule has 0 aliphatic carbocycles. The number of methoxy groups -OCH3 is 1. The van der Waals surface area contributed by atoms with Crippen LogP contribution in [0.4, 0.5) is 4.79 Å². The van der Waals surface area contributed by atoms with Crippen molar-refractivity contribution in [3.05, 3.63) is 70.4 Å². The SMILES string of the molecule is COc1ccc2c(c1)c(COC(=O)[C@H](C)NC(=O)OCc1ccccc1)cc(=S)n2C. The second-order valence-corrected chi connectivity index (χ2v) is 7.40. The number of nitrogens with zero attached hydrogens (tertiary/aromatic N) is 1. The van der Waals surface area contributed by atoms with Crippen molar-refractivity contribution >= 4 is 35.2 Å². The molecular formula is C23H24N2O5S. The number of aryl methyl sites for hydroxylation is 1. The minimum absolute atomic E-state index is 0.0120. The molecule has 1 atom stereocenters. The number of hydrogen-bond acceptors (Lipinski definition) is 6. The molecule has 0 saturated heterocycles. The van der Waals surface area contributed by atoms with Gasteiger partial charge in [0.25, 0.3) is 0 Å². The molecule has 162 valence electrons. The van der Waals surface area contributed by atoms with Gasteiger partial charge in [-0.25, -0.2) is 9.59 Å². The van der Waals surface area contributed by atoms with Crippen LogP contribution in [0, 0.1) is 4.64 Å². The van der Waals surface area contributed by atoms with Crippen molar-refractivity contribution < 1.29 is 23.8 Å². The summed E-state index contributed by atoms with van der Waals surface area (Å²) in [6, 6.07) is 15.8. The van der Waals surface area contributed by atoms with E-state index in [4.69, 9.17) is 26.4 Å². The van der Waals surface area contributed by atoms with E-state index in [1.807, 2.05) is 60.1 Å². The Morgan fingerprint density at radius 2 is 1.81 bits per heavy atom. The van der Waals surface area contributed by atoms with Gasteiger partial charge in [-0.15, -0.1) is 0 Å². The normalized spacial score (nSPS) is 11.6. The predicted octanol–water partition coefficient (Wildman–Crippen LogP) is 4.27. The third kappa shape index (κ3) is 5.61. The fourth-order valence-electron chi connectivity index (χ4n) is 3.03. The quantitative estimate of drug-likeness (QED) is 0.437. The van der Waals surface area contributed by atoms with Gasteiger partial charge in [0.05, 0.1) is 7.11 Å². The van der Waals surface area contributed by atoms with Crippen LogP contribution in [0.15, 0.2) is 54.6 Å². The van der Waals surface area contributed by atoms with E-state index in [0.717, 1.165) is 22.0 Å². The summed E-state index contributed by atoms with van der Waals surface area (Å²) in [6.45, 7) is 1.67. The van der Waals surface area contributed by atoms with E-state index in [9.17, 15) is 9.59 Å². The van der Waals surface area contributed by atoms with Gasteiger partial charge in [0.1, 0.15) is 29.6 Å². The van der Waals surface area contributed by atoms with E-state index in [1.54, 1.807) is 13.2 Å². The van der Waals surface area contributed by atoms with Crippen LogP contribution >= 0.6 is 12.2 Å². The van der Waals surface area contributed by atoms with Gasteiger partial charge >= 0.3 is 12.1 Å². The number of nitrogens with one attached hydrogen (secondary N) is 1. The third-order valence-corrected chi connectivity index (χ3v) is 5.20. The number of hydrogen-bond donors (Lipinski definition) is 1. The molecule has 3 rings (SSSR count). The van der Waals surface area contributed by atoms with Crippen LogP contribution in [0.3, 0.4) is 0 Å². The zero-order valence-electron chi connectivity index (χ0n) is 17.6. The summed E-state index contributed by atoms with van der Waals surface area (Å²) in [5, 5.41) is 3.35. The zero-order chi connectivity index (χ0) is 22.4. The van der Waals surface area contributed by atoms with Crippen molar-refractivity contribution in [2.45, 2.75) is 26.2 Å². The molecule has 0 aliphatic rings. The molecule has 0 saturated carbocycles. The molecule has 31 heavy (non-hydrogen) atoms. The summed E-state index contributed by atoms with van der Waals surface area (Å²) >= 11 is 5.40. The largest absolute Gasteiger partial charge is 0.497 e. The van der Waals surface area contributed by atoms with E-state index >= 15 is 0 Å². The lowest BCUT2D eigenvalue weighted by Crippen LogP contribution is -2.39. The van der Waals surface area contributed by atoms with Crippen LogP contribution in [0.25, 0.3) is 10.9 Å². The van der Waals surface area contributed by atoms with Gasteiger partial charge < -0.3 is 24.1 Å². The summed E-state index contributed by atoms with van der Waals surface area (Å²) < 4.78 is 18.4. The van der Waals surface area contributed by atoms with Gasteiger partial charge in [0.2, 0.25) is 0 Å². The number of amides is 1. The maximum Gasteiger partial charge on any atom is 0.408 e. The van der Waals surface area contributed by atoms with Crippen molar-refractivity contribution in [1.29, 1.82) is 0 Å². The Morgan fingerprint density at radius 1 is 1.06 bits per heavy atom. The minimum atomic E-state index is -0.869. The smallest absolute Gasteiger partial charge is 0.408 e. The molecule has 1 N–H and O–H groups in total. The molecule has 1 heterocycles. The van der Waals surface area contributed by atoms with Crippen LogP contribution in [0.5, 0.6) is 5.75 Å². The summed E-state index contributed by atoms with van der Waals surface area (Å²) in [5.41, 5.74) is 2.51. The van der Waals surface area contributed by atoms with Crippen LogP contribution < -0.4 is 10.1 Å². The Balaban J connectivity index is 1.62. The monoisotopic (exact) mass is 440 g/mol. The Kier molecular flexibility index (Phi) is 7.25. The number of fused-ring (bicyclic) bond motifs is 1. The second-order valence-electron chi connectivity index (χ2n) is 6.99. The van der Waals surface area contributed by atoms with E-state index in [2.05, 4.69) is 5.32 Å². The van der Waals surface area contributed by atoms with Crippen molar-refractivity contribution in [2.24, 2.45) is 7.05 Å². The number of alkyl carbamates (subject to hydrolysis) is 1. The number of aromatic nitrogens is 1. The Morgan fingerprint density at radius 3 is 2.52 bits per heavy atom. The standard InChI is InChI=1S/C23H24N2O5S/c1-15(24-23(27)30-13-16-7-5-4-6-8-16)22(26)29-14-17-11-21(31)25(2)20-10-9-18(28-3)12-19(17)20/h4-12,15H,13-14H2,1-3H3,(H,24,27)/t15-/m0/s1. The highest BCUT2D eigenvalue weighted by Gasteiger charge is 2.19. The Hall–Kier alpha value is -3.39. The van der Waals surface area contributed by atoms with Crippen molar-refractivity contribution in [2.75, 3.05) is 7.11 Å². The summed E-state index contributed by atoms with van der Waals surface area (Å²) in [4.78, 5) is 24.4. The second kappa shape index (κ2) is 10.1. The van der Waals surface area contributed by atoms with Gasteiger partial charge in [-0.05, 0) is 36.8 Å².